The molecule has 1 aromatic heterocycles. The number of aryl methyl sites for hydroxylation is 1. The Bertz CT molecular complexity index is 628. The highest BCUT2D eigenvalue weighted by Gasteiger charge is 2.35. The fourth-order valence-corrected chi connectivity index (χ4v) is 4.00. The molecule has 1 aromatic rings. The molecule has 0 radical (unpaired) electrons. The molecule has 0 aliphatic carbocycles. The number of hydrogen-bond acceptors (Lipinski definition) is 6. The van der Waals surface area contributed by atoms with Gasteiger partial charge in [-0.2, -0.15) is 4.31 Å². The second-order valence-electron chi connectivity index (χ2n) is 5.10. The van der Waals surface area contributed by atoms with Crippen LogP contribution in [0.15, 0.2) is 15.6 Å². The topological polar surface area (TPSA) is 88.9 Å². The number of esters is 1. The van der Waals surface area contributed by atoms with Crippen molar-refractivity contribution in [3.63, 3.8) is 0 Å². The molecule has 1 fully saturated rings. The second kappa shape index (κ2) is 7.45. The van der Waals surface area contributed by atoms with Crippen molar-refractivity contribution in [1.82, 2.24) is 9.62 Å². The van der Waals surface area contributed by atoms with E-state index >= 15 is 0 Å². The third-order valence-electron chi connectivity index (χ3n) is 3.64. The number of ether oxygens (including phenoxy) is 1. The first-order valence-corrected chi connectivity index (χ1v) is 8.17. The van der Waals surface area contributed by atoms with Crippen molar-refractivity contribution in [3.8, 4) is 0 Å². The second-order valence-corrected chi connectivity index (χ2v) is 6.97. The third kappa shape index (κ3) is 3.62. The van der Waals surface area contributed by atoms with Crippen molar-refractivity contribution < 1.29 is 22.4 Å². The van der Waals surface area contributed by atoms with Crippen LogP contribution in [0.2, 0.25) is 0 Å². The van der Waals surface area contributed by atoms with Crippen molar-refractivity contribution >= 4 is 28.4 Å². The van der Waals surface area contributed by atoms with Gasteiger partial charge in [-0.15, -0.1) is 12.4 Å². The van der Waals surface area contributed by atoms with Crippen LogP contribution < -0.4 is 5.32 Å². The van der Waals surface area contributed by atoms with E-state index in [0.717, 1.165) is 13.0 Å². The molecule has 0 bridgehead atoms. The number of methoxy groups -OCH3 is 1. The molecule has 2 rings (SSSR count). The number of hydrogen-bond donors (Lipinski definition) is 1. The van der Waals surface area contributed by atoms with E-state index in [1.54, 1.807) is 6.92 Å². The van der Waals surface area contributed by atoms with Gasteiger partial charge < -0.3 is 14.5 Å². The summed E-state index contributed by atoms with van der Waals surface area (Å²) in [5.74, 6) is -0.0699. The summed E-state index contributed by atoms with van der Waals surface area (Å²) >= 11 is 0. The Labute approximate surface area is 136 Å². The Hall–Kier alpha value is -1.09. The van der Waals surface area contributed by atoms with E-state index in [1.807, 2.05) is 7.05 Å². The molecule has 7 nitrogen and oxygen atoms in total. The summed E-state index contributed by atoms with van der Waals surface area (Å²) in [7, 11) is -0.617. The van der Waals surface area contributed by atoms with Gasteiger partial charge >= 0.3 is 5.97 Å². The van der Waals surface area contributed by atoms with Gasteiger partial charge in [0, 0.05) is 19.2 Å². The van der Waals surface area contributed by atoms with Gasteiger partial charge in [-0.05, 0) is 32.9 Å². The van der Waals surface area contributed by atoms with Crippen molar-refractivity contribution in [2.75, 3.05) is 33.8 Å². The van der Waals surface area contributed by atoms with Gasteiger partial charge in [0.15, 0.2) is 0 Å². The molecule has 1 unspecified atom stereocenters. The Morgan fingerprint density at radius 3 is 2.82 bits per heavy atom. The number of furan rings is 1. The first kappa shape index (κ1) is 19.0. The number of nitrogens with zero attached hydrogens (tertiary/aromatic N) is 1. The average molecular weight is 353 g/mol. The smallest absolute Gasteiger partial charge is 0.341 e. The third-order valence-corrected chi connectivity index (χ3v) is 5.36. The molecule has 1 aliphatic heterocycles. The van der Waals surface area contributed by atoms with Gasteiger partial charge in [0.25, 0.3) is 10.0 Å². The molecule has 126 valence electrons. The highest BCUT2D eigenvalue weighted by Crippen LogP contribution is 2.27. The molecule has 1 N–H and O–H groups in total. The first-order chi connectivity index (χ1) is 9.90. The quantitative estimate of drug-likeness (QED) is 0.796. The van der Waals surface area contributed by atoms with E-state index in [4.69, 9.17) is 4.42 Å². The van der Waals surface area contributed by atoms with E-state index in [-0.39, 0.29) is 28.8 Å². The lowest BCUT2D eigenvalue weighted by molar-refractivity contribution is 0.0599. The fourth-order valence-electron chi connectivity index (χ4n) is 2.49. The first-order valence-electron chi connectivity index (χ1n) is 6.73. The minimum absolute atomic E-state index is 0. The SMILES string of the molecule is CNCC1CCN(S(=O)(=O)c2cc(C(=O)OC)c(C)o2)C1.Cl. The Morgan fingerprint density at radius 2 is 2.23 bits per heavy atom. The van der Waals surface area contributed by atoms with E-state index in [0.29, 0.717) is 19.0 Å². The van der Waals surface area contributed by atoms with Crippen LogP contribution in [0.25, 0.3) is 0 Å². The molecule has 0 spiro atoms. The maximum atomic E-state index is 12.5. The number of rotatable bonds is 5. The maximum Gasteiger partial charge on any atom is 0.341 e. The molecule has 22 heavy (non-hydrogen) atoms. The van der Waals surface area contributed by atoms with Gasteiger partial charge in [-0.3, -0.25) is 0 Å². The zero-order valence-corrected chi connectivity index (χ0v) is 14.4. The van der Waals surface area contributed by atoms with Crippen molar-refractivity contribution in [3.05, 3.63) is 17.4 Å². The maximum absolute atomic E-state index is 12.5. The molecule has 1 aliphatic rings. The van der Waals surface area contributed by atoms with Crippen LogP contribution in [0.3, 0.4) is 0 Å². The summed E-state index contributed by atoms with van der Waals surface area (Å²) in [6.45, 7) is 3.23. The summed E-state index contributed by atoms with van der Waals surface area (Å²) in [4.78, 5) is 11.5. The molecule has 1 saturated heterocycles. The van der Waals surface area contributed by atoms with E-state index in [1.165, 1.54) is 17.5 Å². The molecule has 0 aromatic carbocycles. The van der Waals surface area contributed by atoms with Crippen LogP contribution in [0.4, 0.5) is 0 Å². The van der Waals surface area contributed by atoms with Crippen LogP contribution in [0.5, 0.6) is 0 Å². The minimum atomic E-state index is -3.70. The summed E-state index contributed by atoms with van der Waals surface area (Å²) in [5.41, 5.74) is 0.141. The van der Waals surface area contributed by atoms with Crippen LogP contribution in [-0.4, -0.2) is 52.5 Å². The minimum Gasteiger partial charge on any atom is -0.465 e. The summed E-state index contributed by atoms with van der Waals surface area (Å²) in [6, 6.07) is 1.24. The monoisotopic (exact) mass is 352 g/mol. The summed E-state index contributed by atoms with van der Waals surface area (Å²) in [5, 5.41) is 2.85. The lowest BCUT2D eigenvalue weighted by Crippen LogP contribution is -2.30. The lowest BCUT2D eigenvalue weighted by Gasteiger charge is -2.14. The lowest BCUT2D eigenvalue weighted by atomic mass is 10.1. The summed E-state index contributed by atoms with van der Waals surface area (Å²) in [6.07, 6.45) is 0.809. The van der Waals surface area contributed by atoms with Crippen molar-refractivity contribution in [2.24, 2.45) is 5.92 Å². The molecular weight excluding hydrogens is 332 g/mol. The Morgan fingerprint density at radius 1 is 1.55 bits per heavy atom. The van der Waals surface area contributed by atoms with Gasteiger partial charge in [-0.25, -0.2) is 13.2 Å². The number of carbonyl (C=O) groups excluding carboxylic acids is 1. The van der Waals surface area contributed by atoms with Gasteiger partial charge in [0.05, 0.1) is 7.11 Å². The van der Waals surface area contributed by atoms with E-state index < -0.39 is 16.0 Å². The van der Waals surface area contributed by atoms with Gasteiger partial charge in [0.1, 0.15) is 11.3 Å². The number of sulfonamides is 1. The molecule has 0 saturated carbocycles. The van der Waals surface area contributed by atoms with Crippen LogP contribution in [0.1, 0.15) is 22.5 Å². The standard InChI is InChI=1S/C13H20N2O5S.ClH/c1-9-11(13(16)19-3)6-12(20-9)21(17,18)15-5-4-10(8-15)7-14-2;/h6,10,14H,4-5,7-8H2,1-3H3;1H. The molecule has 0 amide bonds. The number of halogens is 1. The zero-order valence-electron chi connectivity index (χ0n) is 12.8. The van der Waals surface area contributed by atoms with E-state index in [9.17, 15) is 13.2 Å². The summed E-state index contributed by atoms with van der Waals surface area (Å²) < 4.78 is 36.3. The van der Waals surface area contributed by atoms with Gasteiger partial charge in [-0.1, -0.05) is 0 Å². The largest absolute Gasteiger partial charge is 0.465 e. The molecule has 1 atom stereocenters. The predicted octanol–water partition coefficient (Wildman–Crippen LogP) is 1.03. The fraction of sp³-hybridized carbons (Fsp3) is 0.615. The van der Waals surface area contributed by atoms with Gasteiger partial charge in [0.2, 0.25) is 5.09 Å². The average Bonchev–Trinajstić information content (AvgIpc) is 3.06. The molecule has 9 heteroatoms. The highest BCUT2D eigenvalue weighted by atomic mass is 35.5. The van der Waals surface area contributed by atoms with Crippen LogP contribution in [-0.2, 0) is 14.8 Å². The van der Waals surface area contributed by atoms with Crippen molar-refractivity contribution in [1.29, 1.82) is 0 Å². The zero-order chi connectivity index (χ0) is 15.6. The highest BCUT2D eigenvalue weighted by molar-refractivity contribution is 7.89. The van der Waals surface area contributed by atoms with Crippen LogP contribution >= 0.6 is 12.4 Å². The van der Waals surface area contributed by atoms with E-state index in [2.05, 4.69) is 10.1 Å². The number of nitrogens with one attached hydrogen (secondary N) is 1. The molecule has 2 heterocycles. The Balaban J connectivity index is 0.00000242. The predicted molar refractivity (Wildman–Crippen MR) is 82.8 cm³/mol. The van der Waals surface area contributed by atoms with Crippen LogP contribution in [0, 0.1) is 12.8 Å². The number of carbonyl (C=O) groups is 1. The Kier molecular flexibility index (Phi) is 6.42. The van der Waals surface area contributed by atoms with Crippen molar-refractivity contribution in [2.45, 2.75) is 18.4 Å². The normalized spacial score (nSPS) is 19.0. The molecular formula is C13H21ClN2O5S.